The molecule has 0 aliphatic heterocycles. The minimum absolute atomic E-state index is 0.238. The summed E-state index contributed by atoms with van der Waals surface area (Å²) in [5.41, 5.74) is 2.85. The molecule has 0 saturated heterocycles. The van der Waals surface area contributed by atoms with Crippen LogP contribution in [0.4, 0.5) is 28.8 Å². The number of anilines is 5. The fourth-order valence-corrected chi connectivity index (χ4v) is 3.40. The minimum atomic E-state index is -0.543. The lowest BCUT2D eigenvalue weighted by Gasteiger charge is -2.24. The maximum Gasteiger partial charge on any atom is 0.253 e. The van der Waals surface area contributed by atoms with Gasteiger partial charge in [0.15, 0.2) is 0 Å². The molecule has 0 fully saturated rings. The van der Waals surface area contributed by atoms with Crippen LogP contribution >= 0.6 is 0 Å². The van der Waals surface area contributed by atoms with Gasteiger partial charge in [-0.25, -0.2) is 4.98 Å². The number of aryl methyl sites for hydroxylation is 2. The quantitative estimate of drug-likeness (QED) is 0.587. The summed E-state index contributed by atoms with van der Waals surface area (Å²) in [6, 6.07) is 7.95. The molecule has 0 spiro atoms. The fraction of sp³-hybridized carbons (Fsp3) is 0.333. The molecule has 1 heterocycles. The summed E-state index contributed by atoms with van der Waals surface area (Å²) in [6.45, 7) is 5.78. The first-order valence-electron chi connectivity index (χ1n) is 9.40. The maximum atomic E-state index is 12.0. The van der Waals surface area contributed by atoms with E-state index in [9.17, 15) is 9.59 Å². The van der Waals surface area contributed by atoms with Crippen molar-refractivity contribution in [1.29, 1.82) is 0 Å². The second-order valence-corrected chi connectivity index (χ2v) is 8.14. The molecule has 1 aromatic heterocycles. The van der Waals surface area contributed by atoms with Crippen LogP contribution < -0.4 is 26.8 Å². The van der Waals surface area contributed by atoms with Gasteiger partial charge in [-0.2, -0.15) is 4.98 Å². The SMILES string of the molecule is CC(C)(C)Nc1c(Nc2ccnc(Nc3ccc4c(c3)CCC4)n2)c(=O)c1=O. The van der Waals surface area contributed by atoms with Crippen LogP contribution in [0.1, 0.15) is 38.3 Å². The largest absolute Gasteiger partial charge is 0.375 e. The van der Waals surface area contributed by atoms with Crippen molar-refractivity contribution in [2.24, 2.45) is 0 Å². The van der Waals surface area contributed by atoms with Crippen molar-refractivity contribution in [2.45, 2.75) is 45.6 Å². The Labute approximate surface area is 162 Å². The van der Waals surface area contributed by atoms with Crippen LogP contribution in [0, 0.1) is 0 Å². The number of rotatable bonds is 5. The first kappa shape index (κ1) is 18.2. The summed E-state index contributed by atoms with van der Waals surface area (Å²) in [6.07, 6.45) is 5.04. The lowest BCUT2D eigenvalue weighted by molar-refractivity contribution is 0.632. The number of hydrogen-bond donors (Lipinski definition) is 3. The Morgan fingerprint density at radius 1 is 0.929 bits per heavy atom. The van der Waals surface area contributed by atoms with Crippen molar-refractivity contribution in [3.63, 3.8) is 0 Å². The molecular formula is C21H23N5O2. The first-order chi connectivity index (χ1) is 13.3. The molecule has 0 saturated carbocycles. The summed E-state index contributed by atoms with van der Waals surface area (Å²) in [4.78, 5) is 32.5. The average molecular weight is 377 g/mol. The molecule has 28 heavy (non-hydrogen) atoms. The second-order valence-electron chi connectivity index (χ2n) is 8.14. The minimum Gasteiger partial charge on any atom is -0.375 e. The molecular weight excluding hydrogens is 354 g/mol. The van der Waals surface area contributed by atoms with Crippen LogP contribution in [0.3, 0.4) is 0 Å². The molecule has 2 aromatic carbocycles. The van der Waals surface area contributed by atoms with Crippen LogP contribution in [-0.4, -0.2) is 15.5 Å². The van der Waals surface area contributed by atoms with Crippen molar-refractivity contribution < 1.29 is 0 Å². The standard InChI is InChI=1S/C21H23N5O2/c1-21(2,3)26-17-16(18(27)19(17)28)24-15-9-10-22-20(25-15)23-14-8-7-12-5-4-6-13(12)11-14/h7-11,26H,4-6H2,1-3H3,(H2,22,23,24,25). The van der Waals surface area contributed by atoms with E-state index in [4.69, 9.17) is 0 Å². The molecule has 7 heteroatoms. The summed E-state index contributed by atoms with van der Waals surface area (Å²) in [7, 11) is 0. The van der Waals surface area contributed by atoms with Gasteiger partial charge in [0.1, 0.15) is 17.2 Å². The van der Waals surface area contributed by atoms with Gasteiger partial charge in [0.05, 0.1) is 0 Å². The van der Waals surface area contributed by atoms with E-state index in [0.29, 0.717) is 17.5 Å². The highest BCUT2D eigenvalue weighted by Crippen LogP contribution is 2.27. The number of benzene rings is 1. The molecule has 3 aromatic rings. The molecule has 1 aliphatic rings. The van der Waals surface area contributed by atoms with Gasteiger partial charge in [-0.15, -0.1) is 0 Å². The third-order valence-corrected chi connectivity index (χ3v) is 4.67. The molecule has 7 nitrogen and oxygen atoms in total. The van der Waals surface area contributed by atoms with Gasteiger partial charge in [-0.3, -0.25) is 9.59 Å². The van der Waals surface area contributed by atoms with E-state index in [0.717, 1.165) is 18.5 Å². The summed E-state index contributed by atoms with van der Waals surface area (Å²) in [5.74, 6) is 0.870. The highest BCUT2D eigenvalue weighted by Gasteiger charge is 2.25. The molecule has 4 rings (SSSR count). The molecule has 0 radical (unpaired) electrons. The Bertz CT molecular complexity index is 1110. The van der Waals surface area contributed by atoms with Crippen molar-refractivity contribution >= 4 is 28.8 Å². The van der Waals surface area contributed by atoms with Crippen LogP contribution in [-0.2, 0) is 12.8 Å². The number of nitrogens with one attached hydrogen (secondary N) is 3. The smallest absolute Gasteiger partial charge is 0.253 e. The van der Waals surface area contributed by atoms with E-state index in [1.807, 2.05) is 26.8 Å². The molecule has 0 unspecified atom stereocenters. The van der Waals surface area contributed by atoms with Gasteiger partial charge in [-0.1, -0.05) is 6.07 Å². The predicted molar refractivity (Wildman–Crippen MR) is 112 cm³/mol. The van der Waals surface area contributed by atoms with Crippen molar-refractivity contribution in [1.82, 2.24) is 9.97 Å². The van der Waals surface area contributed by atoms with Crippen LogP contribution in [0.2, 0.25) is 0 Å². The normalized spacial score (nSPS) is 13.4. The van der Waals surface area contributed by atoms with Gasteiger partial charge in [0.25, 0.3) is 10.9 Å². The Morgan fingerprint density at radius 3 is 2.46 bits per heavy atom. The zero-order valence-electron chi connectivity index (χ0n) is 16.2. The van der Waals surface area contributed by atoms with E-state index in [-0.39, 0.29) is 11.2 Å². The highest BCUT2D eigenvalue weighted by molar-refractivity contribution is 5.78. The molecule has 1 aliphatic carbocycles. The summed E-state index contributed by atoms with van der Waals surface area (Å²) < 4.78 is 0. The second kappa shape index (κ2) is 6.74. The van der Waals surface area contributed by atoms with E-state index in [2.05, 4.69) is 38.1 Å². The maximum absolute atomic E-state index is 12.0. The van der Waals surface area contributed by atoms with Gasteiger partial charge >= 0.3 is 0 Å². The number of fused-ring (bicyclic) bond motifs is 1. The zero-order chi connectivity index (χ0) is 19.9. The molecule has 0 atom stereocenters. The molecule has 0 bridgehead atoms. The number of aromatic nitrogens is 2. The third kappa shape index (κ3) is 3.60. The van der Waals surface area contributed by atoms with Crippen molar-refractivity contribution in [3.8, 4) is 0 Å². The summed E-state index contributed by atoms with van der Waals surface area (Å²) >= 11 is 0. The molecule has 0 amide bonds. The van der Waals surface area contributed by atoms with Gasteiger partial charge in [0, 0.05) is 17.4 Å². The molecule has 144 valence electrons. The predicted octanol–water partition coefficient (Wildman–Crippen LogP) is 3.26. The molecule has 3 N–H and O–H groups in total. The Kier molecular flexibility index (Phi) is 4.37. The Hall–Kier alpha value is -3.22. The van der Waals surface area contributed by atoms with E-state index < -0.39 is 10.9 Å². The van der Waals surface area contributed by atoms with E-state index in [1.165, 1.54) is 17.5 Å². The van der Waals surface area contributed by atoms with Crippen molar-refractivity contribution in [2.75, 3.05) is 16.0 Å². The van der Waals surface area contributed by atoms with Gasteiger partial charge in [-0.05, 0) is 69.4 Å². The van der Waals surface area contributed by atoms with E-state index >= 15 is 0 Å². The lowest BCUT2D eigenvalue weighted by atomic mass is 10.1. The fourth-order valence-electron chi connectivity index (χ4n) is 3.40. The third-order valence-electron chi connectivity index (χ3n) is 4.67. The Balaban J connectivity index is 1.53. The lowest BCUT2D eigenvalue weighted by Crippen LogP contribution is -2.41. The number of hydrogen-bond acceptors (Lipinski definition) is 7. The average Bonchev–Trinajstić information content (AvgIpc) is 3.11. The van der Waals surface area contributed by atoms with Crippen LogP contribution in [0.5, 0.6) is 0 Å². The summed E-state index contributed by atoms with van der Waals surface area (Å²) in [5, 5.41) is 9.23. The monoisotopic (exact) mass is 377 g/mol. The topological polar surface area (TPSA) is 96.0 Å². The Morgan fingerprint density at radius 2 is 1.68 bits per heavy atom. The van der Waals surface area contributed by atoms with Crippen LogP contribution in [0.25, 0.3) is 0 Å². The highest BCUT2D eigenvalue weighted by atomic mass is 16.2. The number of nitrogens with zero attached hydrogens (tertiary/aromatic N) is 2. The van der Waals surface area contributed by atoms with Gasteiger partial charge in [0.2, 0.25) is 5.95 Å². The van der Waals surface area contributed by atoms with E-state index in [1.54, 1.807) is 12.3 Å². The zero-order valence-corrected chi connectivity index (χ0v) is 16.2. The first-order valence-corrected chi connectivity index (χ1v) is 9.40. The van der Waals surface area contributed by atoms with Crippen LogP contribution in [0.15, 0.2) is 40.1 Å². The van der Waals surface area contributed by atoms with Crippen molar-refractivity contribution in [3.05, 3.63) is 62.0 Å². The van der Waals surface area contributed by atoms with Gasteiger partial charge < -0.3 is 16.0 Å².